The van der Waals surface area contributed by atoms with Crippen LogP contribution in [0.1, 0.15) is 29.7 Å². The summed E-state index contributed by atoms with van der Waals surface area (Å²) in [5.74, 6) is 0. The Morgan fingerprint density at radius 2 is 1.64 bits per heavy atom. The molecule has 1 fully saturated rings. The van der Waals surface area contributed by atoms with E-state index in [1.807, 2.05) is 24.3 Å². The molecular formula is C21H26N4. The molecule has 0 aromatic heterocycles. The van der Waals surface area contributed by atoms with E-state index in [-0.39, 0.29) is 6.04 Å². The minimum absolute atomic E-state index is 0.289. The van der Waals surface area contributed by atoms with Gasteiger partial charge in [0.25, 0.3) is 0 Å². The highest BCUT2D eigenvalue weighted by Crippen LogP contribution is 2.20. The zero-order valence-electron chi connectivity index (χ0n) is 15.1. The maximum Gasteiger partial charge on any atom is 0.0991 e. The number of likely N-dealkylation sites (N-methyl/N-ethyl adjacent to an activating group) is 1. The molecule has 0 spiro atoms. The second-order valence-electron chi connectivity index (χ2n) is 6.79. The van der Waals surface area contributed by atoms with Gasteiger partial charge in [0, 0.05) is 44.5 Å². The van der Waals surface area contributed by atoms with Gasteiger partial charge in [0.15, 0.2) is 0 Å². The van der Waals surface area contributed by atoms with Gasteiger partial charge in [-0.05, 0) is 49.4 Å². The molecule has 4 heteroatoms. The van der Waals surface area contributed by atoms with Crippen molar-refractivity contribution in [3.63, 3.8) is 0 Å². The van der Waals surface area contributed by atoms with Crippen LogP contribution < -0.4 is 10.2 Å². The summed E-state index contributed by atoms with van der Waals surface area (Å²) in [7, 11) is 2.18. The fourth-order valence-electron chi connectivity index (χ4n) is 3.12. The van der Waals surface area contributed by atoms with Gasteiger partial charge in [0.05, 0.1) is 11.6 Å². The van der Waals surface area contributed by atoms with Crippen molar-refractivity contribution < 1.29 is 0 Å². The van der Waals surface area contributed by atoms with E-state index in [1.54, 1.807) is 0 Å². The van der Waals surface area contributed by atoms with Gasteiger partial charge in [-0.2, -0.15) is 5.26 Å². The number of rotatable bonds is 5. The number of hydrogen-bond donors (Lipinski definition) is 1. The van der Waals surface area contributed by atoms with E-state index in [9.17, 15) is 0 Å². The predicted octanol–water partition coefficient (Wildman–Crippen LogP) is 3.16. The SMILES string of the molecule is C[C@@H](NCc1ccc(C#N)cc1)c1ccc(N2CCN(C)CC2)cc1. The highest BCUT2D eigenvalue weighted by atomic mass is 15.2. The summed E-state index contributed by atoms with van der Waals surface area (Å²) < 4.78 is 0. The monoisotopic (exact) mass is 334 g/mol. The molecule has 130 valence electrons. The van der Waals surface area contributed by atoms with Gasteiger partial charge in [0.2, 0.25) is 0 Å². The highest BCUT2D eigenvalue weighted by Gasteiger charge is 2.14. The smallest absolute Gasteiger partial charge is 0.0991 e. The van der Waals surface area contributed by atoms with E-state index in [2.05, 4.69) is 59.4 Å². The first-order valence-electron chi connectivity index (χ1n) is 8.91. The van der Waals surface area contributed by atoms with Gasteiger partial charge in [-0.3, -0.25) is 0 Å². The van der Waals surface area contributed by atoms with Crippen LogP contribution >= 0.6 is 0 Å². The van der Waals surface area contributed by atoms with Gasteiger partial charge in [-0.25, -0.2) is 0 Å². The van der Waals surface area contributed by atoms with Crippen molar-refractivity contribution in [1.82, 2.24) is 10.2 Å². The number of benzene rings is 2. The van der Waals surface area contributed by atoms with Crippen LogP contribution in [0.2, 0.25) is 0 Å². The van der Waals surface area contributed by atoms with Gasteiger partial charge in [-0.15, -0.1) is 0 Å². The third-order valence-electron chi connectivity index (χ3n) is 4.96. The van der Waals surface area contributed by atoms with Crippen molar-refractivity contribution >= 4 is 5.69 Å². The molecule has 1 heterocycles. The number of anilines is 1. The van der Waals surface area contributed by atoms with Gasteiger partial charge in [-0.1, -0.05) is 24.3 Å². The molecule has 0 aliphatic carbocycles. The molecule has 1 atom stereocenters. The zero-order valence-corrected chi connectivity index (χ0v) is 15.1. The van der Waals surface area contributed by atoms with Gasteiger partial charge >= 0.3 is 0 Å². The topological polar surface area (TPSA) is 42.3 Å². The minimum Gasteiger partial charge on any atom is -0.369 e. The lowest BCUT2D eigenvalue weighted by Crippen LogP contribution is -2.44. The molecule has 4 nitrogen and oxygen atoms in total. The van der Waals surface area contributed by atoms with Crippen molar-refractivity contribution in [2.75, 3.05) is 38.1 Å². The van der Waals surface area contributed by atoms with E-state index < -0.39 is 0 Å². The largest absolute Gasteiger partial charge is 0.369 e. The van der Waals surface area contributed by atoms with Crippen LogP contribution in [0.15, 0.2) is 48.5 Å². The number of nitrogens with one attached hydrogen (secondary N) is 1. The van der Waals surface area contributed by atoms with Crippen LogP contribution in [-0.2, 0) is 6.54 Å². The lowest BCUT2D eigenvalue weighted by Gasteiger charge is -2.34. The molecule has 0 unspecified atom stereocenters. The first-order chi connectivity index (χ1) is 12.2. The molecule has 1 aliphatic rings. The Labute approximate surface area is 150 Å². The Morgan fingerprint density at radius 3 is 2.24 bits per heavy atom. The average molecular weight is 334 g/mol. The molecule has 2 aromatic rings. The van der Waals surface area contributed by atoms with Crippen molar-refractivity contribution in [1.29, 1.82) is 5.26 Å². The third-order valence-corrected chi connectivity index (χ3v) is 4.96. The van der Waals surface area contributed by atoms with Crippen LogP contribution in [0.25, 0.3) is 0 Å². The normalized spacial score (nSPS) is 16.4. The summed E-state index contributed by atoms with van der Waals surface area (Å²) in [4.78, 5) is 4.83. The van der Waals surface area contributed by atoms with Crippen LogP contribution in [0.4, 0.5) is 5.69 Å². The van der Waals surface area contributed by atoms with E-state index in [0.717, 1.165) is 32.7 Å². The Balaban J connectivity index is 1.55. The maximum absolute atomic E-state index is 8.85. The molecule has 0 radical (unpaired) electrons. The van der Waals surface area contributed by atoms with Crippen molar-refractivity contribution in [3.05, 3.63) is 65.2 Å². The molecule has 0 saturated carbocycles. The second kappa shape index (κ2) is 8.15. The van der Waals surface area contributed by atoms with E-state index >= 15 is 0 Å². The number of hydrogen-bond acceptors (Lipinski definition) is 4. The van der Waals surface area contributed by atoms with Crippen LogP contribution in [-0.4, -0.2) is 38.1 Å². The second-order valence-corrected chi connectivity index (χ2v) is 6.79. The molecule has 1 aliphatic heterocycles. The molecule has 2 aromatic carbocycles. The lowest BCUT2D eigenvalue weighted by molar-refractivity contribution is 0.313. The Hall–Kier alpha value is -2.35. The summed E-state index contributed by atoms with van der Waals surface area (Å²) in [5.41, 5.74) is 4.51. The third kappa shape index (κ3) is 4.60. The summed E-state index contributed by atoms with van der Waals surface area (Å²) in [6, 6.07) is 19.1. The van der Waals surface area contributed by atoms with Crippen molar-refractivity contribution in [3.8, 4) is 6.07 Å². The first kappa shape index (κ1) is 17.5. The van der Waals surface area contributed by atoms with Crippen LogP contribution in [0.3, 0.4) is 0 Å². The zero-order chi connectivity index (χ0) is 17.6. The van der Waals surface area contributed by atoms with E-state index in [1.165, 1.54) is 16.8 Å². The standard InChI is InChI=1S/C21H26N4/c1-17(23-16-19-5-3-18(15-22)4-6-19)20-7-9-21(10-8-20)25-13-11-24(2)12-14-25/h3-10,17,23H,11-14,16H2,1-2H3/t17-/m1/s1. The van der Waals surface area contributed by atoms with Crippen molar-refractivity contribution in [2.45, 2.75) is 19.5 Å². The van der Waals surface area contributed by atoms with Crippen LogP contribution in [0, 0.1) is 11.3 Å². The fourth-order valence-corrected chi connectivity index (χ4v) is 3.12. The van der Waals surface area contributed by atoms with Gasteiger partial charge in [0.1, 0.15) is 0 Å². The lowest BCUT2D eigenvalue weighted by atomic mass is 10.1. The summed E-state index contributed by atoms with van der Waals surface area (Å²) in [6.07, 6.45) is 0. The highest BCUT2D eigenvalue weighted by molar-refractivity contribution is 5.48. The van der Waals surface area contributed by atoms with Crippen molar-refractivity contribution in [2.24, 2.45) is 0 Å². The molecule has 0 amide bonds. The summed E-state index contributed by atoms with van der Waals surface area (Å²) in [5, 5.41) is 12.4. The Kier molecular flexibility index (Phi) is 5.70. The number of nitriles is 1. The number of nitrogens with zero attached hydrogens (tertiary/aromatic N) is 3. The average Bonchev–Trinajstić information content (AvgIpc) is 2.67. The molecule has 3 rings (SSSR count). The van der Waals surface area contributed by atoms with Gasteiger partial charge < -0.3 is 15.1 Å². The Bertz CT molecular complexity index is 707. The molecular weight excluding hydrogens is 308 g/mol. The number of piperazine rings is 1. The van der Waals surface area contributed by atoms with E-state index in [4.69, 9.17) is 5.26 Å². The molecule has 0 bridgehead atoms. The summed E-state index contributed by atoms with van der Waals surface area (Å²) >= 11 is 0. The summed E-state index contributed by atoms with van der Waals surface area (Å²) in [6.45, 7) is 7.45. The predicted molar refractivity (Wildman–Crippen MR) is 103 cm³/mol. The van der Waals surface area contributed by atoms with E-state index in [0.29, 0.717) is 5.56 Å². The first-order valence-corrected chi connectivity index (χ1v) is 8.91. The van der Waals surface area contributed by atoms with Crippen LogP contribution in [0.5, 0.6) is 0 Å². The maximum atomic E-state index is 8.85. The Morgan fingerprint density at radius 1 is 1.00 bits per heavy atom. The minimum atomic E-state index is 0.289. The molecule has 1 N–H and O–H groups in total. The fraction of sp³-hybridized carbons (Fsp3) is 0.381. The molecule has 1 saturated heterocycles. The molecule has 25 heavy (non-hydrogen) atoms. The quantitative estimate of drug-likeness (QED) is 0.912.